The molecule has 6 heteroatoms. The molecular weight excluding hydrogens is 280 g/mol. The first kappa shape index (κ1) is 17.8. The fourth-order valence-electron chi connectivity index (χ4n) is 1.67. The van der Waals surface area contributed by atoms with Crippen LogP contribution in [0.1, 0.15) is 12.5 Å². The molecule has 0 radical (unpaired) electrons. The van der Waals surface area contributed by atoms with Gasteiger partial charge in [0, 0.05) is 20.6 Å². The molecule has 1 aromatic carbocycles. The number of likely N-dealkylation sites (N-methyl/N-ethyl adjacent to an activating group) is 1. The van der Waals surface area contributed by atoms with Gasteiger partial charge in [0.25, 0.3) is 0 Å². The SMILES string of the molecule is CCNC(=NCC(=O)N(C)C)NCCOc1cccc(C)c1. The van der Waals surface area contributed by atoms with Crippen LogP contribution in [0.5, 0.6) is 5.75 Å². The van der Waals surface area contributed by atoms with Crippen molar-refractivity contribution in [2.45, 2.75) is 13.8 Å². The summed E-state index contributed by atoms with van der Waals surface area (Å²) in [4.78, 5) is 17.3. The molecule has 0 heterocycles. The molecule has 1 aromatic rings. The van der Waals surface area contributed by atoms with Crippen LogP contribution in [0.2, 0.25) is 0 Å². The lowest BCUT2D eigenvalue weighted by Gasteiger charge is -2.13. The van der Waals surface area contributed by atoms with Gasteiger partial charge in [-0.25, -0.2) is 4.99 Å². The van der Waals surface area contributed by atoms with E-state index in [1.54, 1.807) is 14.1 Å². The van der Waals surface area contributed by atoms with E-state index in [0.717, 1.165) is 12.3 Å². The van der Waals surface area contributed by atoms with E-state index in [9.17, 15) is 4.79 Å². The maximum Gasteiger partial charge on any atom is 0.243 e. The van der Waals surface area contributed by atoms with E-state index in [2.05, 4.69) is 15.6 Å². The van der Waals surface area contributed by atoms with Gasteiger partial charge >= 0.3 is 0 Å². The molecule has 0 saturated carbocycles. The Bertz CT molecular complexity index is 501. The van der Waals surface area contributed by atoms with Crippen molar-refractivity contribution in [2.75, 3.05) is 40.3 Å². The number of rotatable bonds is 7. The average Bonchev–Trinajstić information content (AvgIpc) is 2.48. The van der Waals surface area contributed by atoms with Crippen LogP contribution in [0.25, 0.3) is 0 Å². The molecule has 0 aliphatic heterocycles. The van der Waals surface area contributed by atoms with Crippen molar-refractivity contribution in [1.29, 1.82) is 0 Å². The number of guanidine groups is 1. The van der Waals surface area contributed by atoms with E-state index in [1.165, 1.54) is 10.5 Å². The van der Waals surface area contributed by atoms with Gasteiger partial charge in [-0.1, -0.05) is 12.1 Å². The summed E-state index contributed by atoms with van der Waals surface area (Å²) in [5, 5.41) is 6.24. The van der Waals surface area contributed by atoms with Gasteiger partial charge in [-0.3, -0.25) is 4.79 Å². The minimum Gasteiger partial charge on any atom is -0.492 e. The monoisotopic (exact) mass is 306 g/mol. The predicted octanol–water partition coefficient (Wildman–Crippen LogP) is 1.02. The van der Waals surface area contributed by atoms with Crippen LogP contribution in [-0.2, 0) is 4.79 Å². The van der Waals surface area contributed by atoms with Crippen LogP contribution in [0.15, 0.2) is 29.3 Å². The van der Waals surface area contributed by atoms with E-state index in [-0.39, 0.29) is 12.5 Å². The Kier molecular flexibility index (Phi) is 7.81. The van der Waals surface area contributed by atoms with E-state index < -0.39 is 0 Å². The van der Waals surface area contributed by atoms with Gasteiger partial charge in [0.2, 0.25) is 5.91 Å². The van der Waals surface area contributed by atoms with Crippen LogP contribution < -0.4 is 15.4 Å². The molecule has 1 amide bonds. The molecule has 0 spiro atoms. The van der Waals surface area contributed by atoms with Gasteiger partial charge < -0.3 is 20.3 Å². The van der Waals surface area contributed by atoms with Crippen molar-refractivity contribution in [3.63, 3.8) is 0 Å². The first-order chi connectivity index (χ1) is 10.5. The summed E-state index contributed by atoms with van der Waals surface area (Å²) >= 11 is 0. The molecule has 0 aliphatic carbocycles. The zero-order chi connectivity index (χ0) is 16.4. The fraction of sp³-hybridized carbons (Fsp3) is 0.500. The topological polar surface area (TPSA) is 66.0 Å². The fourth-order valence-corrected chi connectivity index (χ4v) is 1.67. The average molecular weight is 306 g/mol. The number of carbonyl (C=O) groups is 1. The van der Waals surface area contributed by atoms with Crippen LogP contribution in [0.4, 0.5) is 0 Å². The minimum atomic E-state index is -0.0341. The third kappa shape index (κ3) is 6.97. The molecule has 122 valence electrons. The van der Waals surface area contributed by atoms with E-state index >= 15 is 0 Å². The summed E-state index contributed by atoms with van der Waals surface area (Å²) in [6.07, 6.45) is 0. The summed E-state index contributed by atoms with van der Waals surface area (Å²) in [6.45, 7) is 6.00. The van der Waals surface area contributed by atoms with Crippen LogP contribution >= 0.6 is 0 Å². The number of nitrogens with one attached hydrogen (secondary N) is 2. The lowest BCUT2D eigenvalue weighted by atomic mass is 10.2. The van der Waals surface area contributed by atoms with Crippen molar-refractivity contribution in [2.24, 2.45) is 4.99 Å². The molecule has 22 heavy (non-hydrogen) atoms. The first-order valence-corrected chi connectivity index (χ1v) is 7.44. The standard InChI is InChI=1S/C16H26N4O2/c1-5-17-16(19-12-15(21)20(3)4)18-9-10-22-14-8-6-7-13(2)11-14/h6-8,11H,5,9-10,12H2,1-4H3,(H2,17,18,19). The van der Waals surface area contributed by atoms with Gasteiger partial charge in [-0.15, -0.1) is 0 Å². The second-order valence-electron chi connectivity index (χ2n) is 5.08. The van der Waals surface area contributed by atoms with Crippen LogP contribution in [0.3, 0.4) is 0 Å². The number of amides is 1. The molecule has 0 unspecified atom stereocenters. The zero-order valence-electron chi connectivity index (χ0n) is 13.8. The van der Waals surface area contributed by atoms with Crippen molar-refractivity contribution >= 4 is 11.9 Å². The van der Waals surface area contributed by atoms with E-state index in [4.69, 9.17) is 4.74 Å². The summed E-state index contributed by atoms with van der Waals surface area (Å²) in [6, 6.07) is 7.93. The number of nitrogens with zero attached hydrogens (tertiary/aromatic N) is 2. The highest BCUT2D eigenvalue weighted by Crippen LogP contribution is 2.11. The lowest BCUT2D eigenvalue weighted by molar-refractivity contribution is -0.127. The van der Waals surface area contributed by atoms with Crippen LogP contribution in [-0.4, -0.2) is 57.1 Å². The highest BCUT2D eigenvalue weighted by molar-refractivity contribution is 5.84. The van der Waals surface area contributed by atoms with Crippen molar-refractivity contribution in [3.8, 4) is 5.75 Å². The highest BCUT2D eigenvalue weighted by Gasteiger charge is 2.03. The van der Waals surface area contributed by atoms with Crippen molar-refractivity contribution in [3.05, 3.63) is 29.8 Å². The Morgan fingerprint density at radius 3 is 2.73 bits per heavy atom. The van der Waals surface area contributed by atoms with Crippen molar-refractivity contribution in [1.82, 2.24) is 15.5 Å². The third-order valence-corrected chi connectivity index (χ3v) is 2.87. The molecule has 0 aliphatic rings. The maximum absolute atomic E-state index is 11.5. The zero-order valence-corrected chi connectivity index (χ0v) is 13.8. The number of hydrogen-bond donors (Lipinski definition) is 2. The molecule has 0 fully saturated rings. The number of hydrogen-bond acceptors (Lipinski definition) is 3. The van der Waals surface area contributed by atoms with Crippen molar-refractivity contribution < 1.29 is 9.53 Å². The second-order valence-corrected chi connectivity index (χ2v) is 5.08. The van der Waals surface area contributed by atoms with Gasteiger partial charge in [0.1, 0.15) is 18.9 Å². The minimum absolute atomic E-state index is 0.0341. The number of benzene rings is 1. The lowest BCUT2D eigenvalue weighted by Crippen LogP contribution is -2.40. The molecule has 0 aromatic heterocycles. The predicted molar refractivity (Wildman–Crippen MR) is 89.3 cm³/mol. The Morgan fingerprint density at radius 1 is 1.32 bits per heavy atom. The molecule has 1 rings (SSSR count). The molecule has 0 atom stereocenters. The molecule has 0 bridgehead atoms. The summed E-state index contributed by atoms with van der Waals surface area (Å²) < 4.78 is 5.66. The molecular formula is C16H26N4O2. The van der Waals surface area contributed by atoms with Gasteiger partial charge in [-0.05, 0) is 31.5 Å². The second kappa shape index (κ2) is 9.65. The summed E-state index contributed by atoms with van der Waals surface area (Å²) in [7, 11) is 3.43. The third-order valence-electron chi connectivity index (χ3n) is 2.87. The van der Waals surface area contributed by atoms with Crippen LogP contribution in [0, 0.1) is 6.92 Å². The van der Waals surface area contributed by atoms with E-state index in [0.29, 0.717) is 19.1 Å². The number of aliphatic imine (C=N–C) groups is 1. The van der Waals surface area contributed by atoms with Gasteiger partial charge in [-0.2, -0.15) is 0 Å². The Balaban J connectivity index is 2.37. The van der Waals surface area contributed by atoms with Gasteiger partial charge in [0.15, 0.2) is 5.96 Å². The number of carbonyl (C=O) groups excluding carboxylic acids is 1. The number of aryl methyl sites for hydroxylation is 1. The normalized spacial score (nSPS) is 11.0. The number of ether oxygens (including phenoxy) is 1. The maximum atomic E-state index is 11.5. The highest BCUT2D eigenvalue weighted by atomic mass is 16.5. The largest absolute Gasteiger partial charge is 0.492 e. The van der Waals surface area contributed by atoms with E-state index in [1.807, 2.05) is 38.1 Å². The molecule has 2 N–H and O–H groups in total. The summed E-state index contributed by atoms with van der Waals surface area (Å²) in [5.74, 6) is 1.44. The first-order valence-electron chi connectivity index (χ1n) is 7.44. The summed E-state index contributed by atoms with van der Waals surface area (Å²) in [5.41, 5.74) is 1.17. The Hall–Kier alpha value is -2.24. The quantitative estimate of drug-likeness (QED) is 0.448. The van der Waals surface area contributed by atoms with Gasteiger partial charge in [0.05, 0.1) is 6.54 Å². The smallest absolute Gasteiger partial charge is 0.243 e. The molecule has 0 saturated heterocycles. The Labute approximate surface area is 132 Å². The Morgan fingerprint density at radius 2 is 2.09 bits per heavy atom. The molecule has 6 nitrogen and oxygen atoms in total.